The Kier molecular flexibility index (Phi) is 4.85. The maximum Gasteiger partial charge on any atom is 0.407 e. The van der Waals surface area contributed by atoms with Crippen molar-refractivity contribution in [2.45, 2.75) is 39.3 Å². The number of aromatic nitrogens is 1. The van der Waals surface area contributed by atoms with E-state index < -0.39 is 11.7 Å². The maximum absolute atomic E-state index is 11.6. The molecule has 1 unspecified atom stereocenters. The van der Waals surface area contributed by atoms with Crippen molar-refractivity contribution in [3.8, 4) is 0 Å². The molecule has 5 nitrogen and oxygen atoms in total. The third kappa shape index (κ3) is 4.91. The zero-order chi connectivity index (χ0) is 16.2. The number of fused-ring (bicyclic) bond motifs is 1. The van der Waals surface area contributed by atoms with Gasteiger partial charge in [-0.3, -0.25) is 4.98 Å². The lowest BCUT2D eigenvalue weighted by Crippen LogP contribution is -2.38. The van der Waals surface area contributed by atoms with Crippen LogP contribution in [0.4, 0.5) is 10.5 Å². The van der Waals surface area contributed by atoms with Crippen LogP contribution in [-0.4, -0.2) is 29.3 Å². The summed E-state index contributed by atoms with van der Waals surface area (Å²) in [5.74, 6) is 0. The zero-order valence-electron chi connectivity index (χ0n) is 13.5. The molecule has 0 saturated heterocycles. The molecule has 1 amide bonds. The Morgan fingerprint density at radius 2 is 2.09 bits per heavy atom. The number of carbonyl (C=O) groups is 1. The first kappa shape index (κ1) is 16.1. The van der Waals surface area contributed by atoms with Crippen molar-refractivity contribution in [3.63, 3.8) is 0 Å². The van der Waals surface area contributed by atoms with Crippen molar-refractivity contribution in [2.24, 2.45) is 0 Å². The Balaban J connectivity index is 1.88. The van der Waals surface area contributed by atoms with Gasteiger partial charge in [-0.25, -0.2) is 4.79 Å². The number of anilines is 1. The van der Waals surface area contributed by atoms with E-state index in [-0.39, 0.29) is 6.04 Å². The number of carbonyl (C=O) groups excluding carboxylic acids is 1. The summed E-state index contributed by atoms with van der Waals surface area (Å²) in [6.45, 7) is 8.02. The van der Waals surface area contributed by atoms with Crippen LogP contribution in [0.2, 0.25) is 0 Å². The van der Waals surface area contributed by atoms with Crippen molar-refractivity contribution in [1.29, 1.82) is 0 Å². The number of nitrogens with one attached hydrogen (secondary N) is 2. The lowest BCUT2D eigenvalue weighted by molar-refractivity contribution is 0.0526. The number of hydrogen-bond donors (Lipinski definition) is 2. The van der Waals surface area contributed by atoms with Crippen molar-refractivity contribution >= 4 is 22.7 Å². The topological polar surface area (TPSA) is 63.2 Å². The van der Waals surface area contributed by atoms with Gasteiger partial charge in [0.2, 0.25) is 0 Å². The second kappa shape index (κ2) is 6.64. The molecule has 0 aliphatic carbocycles. The van der Waals surface area contributed by atoms with Gasteiger partial charge in [0.25, 0.3) is 0 Å². The molecule has 5 heteroatoms. The average molecular weight is 301 g/mol. The average Bonchev–Trinajstić information content (AvgIpc) is 2.43. The summed E-state index contributed by atoms with van der Waals surface area (Å²) in [7, 11) is 0. The Labute approximate surface area is 131 Å². The zero-order valence-corrected chi connectivity index (χ0v) is 13.5. The minimum absolute atomic E-state index is 0.0849. The van der Waals surface area contributed by atoms with Crippen LogP contribution in [0.15, 0.2) is 36.5 Å². The molecule has 1 aromatic carbocycles. The van der Waals surface area contributed by atoms with E-state index in [4.69, 9.17) is 4.74 Å². The van der Waals surface area contributed by atoms with Crippen molar-refractivity contribution in [1.82, 2.24) is 10.3 Å². The molecule has 2 rings (SSSR count). The van der Waals surface area contributed by atoms with E-state index in [2.05, 4.69) is 15.6 Å². The second-order valence-electron chi connectivity index (χ2n) is 6.34. The predicted molar refractivity (Wildman–Crippen MR) is 89.1 cm³/mol. The molecular formula is C17H23N3O2. The van der Waals surface area contributed by atoms with Gasteiger partial charge in [0.1, 0.15) is 5.60 Å². The minimum atomic E-state index is -0.480. The monoisotopic (exact) mass is 301 g/mol. The first-order valence-electron chi connectivity index (χ1n) is 7.42. The molecule has 1 aromatic heterocycles. The highest BCUT2D eigenvalue weighted by molar-refractivity contribution is 5.82. The van der Waals surface area contributed by atoms with Crippen LogP contribution in [0.25, 0.3) is 10.9 Å². The smallest absolute Gasteiger partial charge is 0.407 e. The summed E-state index contributed by atoms with van der Waals surface area (Å²) in [6, 6.07) is 10.0. The largest absolute Gasteiger partial charge is 0.444 e. The maximum atomic E-state index is 11.6. The summed E-state index contributed by atoms with van der Waals surface area (Å²) in [5.41, 5.74) is 1.48. The van der Waals surface area contributed by atoms with Gasteiger partial charge in [-0.2, -0.15) is 0 Å². The lowest BCUT2D eigenvalue weighted by Gasteiger charge is -2.21. The molecule has 2 N–H and O–H groups in total. The molecule has 2 aromatic rings. The highest BCUT2D eigenvalue weighted by atomic mass is 16.6. The van der Waals surface area contributed by atoms with Crippen LogP contribution >= 0.6 is 0 Å². The number of amides is 1. The Hall–Kier alpha value is -2.30. The van der Waals surface area contributed by atoms with Gasteiger partial charge in [0.15, 0.2) is 0 Å². The molecule has 22 heavy (non-hydrogen) atoms. The first-order valence-corrected chi connectivity index (χ1v) is 7.42. The summed E-state index contributed by atoms with van der Waals surface area (Å²) in [4.78, 5) is 15.9. The normalized spacial score (nSPS) is 12.7. The van der Waals surface area contributed by atoms with E-state index in [9.17, 15) is 4.79 Å². The van der Waals surface area contributed by atoms with E-state index in [0.29, 0.717) is 6.54 Å². The van der Waals surface area contributed by atoms with Crippen LogP contribution in [0.5, 0.6) is 0 Å². The molecule has 1 heterocycles. The standard InChI is InChI=1S/C17H23N3O2/c1-12(11-19-16(21)22-17(2,3)4)20-14-7-8-15-13(10-14)6-5-9-18-15/h5-10,12,20H,11H2,1-4H3,(H,19,21). The number of benzene rings is 1. The summed E-state index contributed by atoms with van der Waals surface area (Å²) in [6.07, 6.45) is 1.38. The van der Waals surface area contributed by atoms with Gasteiger partial charge in [-0.15, -0.1) is 0 Å². The molecule has 0 fully saturated rings. The molecule has 0 radical (unpaired) electrons. The van der Waals surface area contributed by atoms with E-state index in [0.717, 1.165) is 16.6 Å². The molecular weight excluding hydrogens is 278 g/mol. The van der Waals surface area contributed by atoms with Crippen LogP contribution < -0.4 is 10.6 Å². The van der Waals surface area contributed by atoms with Crippen molar-refractivity contribution in [2.75, 3.05) is 11.9 Å². The molecule has 0 spiro atoms. The van der Waals surface area contributed by atoms with E-state index >= 15 is 0 Å². The lowest BCUT2D eigenvalue weighted by atomic mass is 10.2. The summed E-state index contributed by atoms with van der Waals surface area (Å²) < 4.78 is 5.21. The number of ether oxygens (including phenoxy) is 1. The molecule has 1 atom stereocenters. The Bertz CT molecular complexity index is 650. The van der Waals surface area contributed by atoms with Gasteiger partial charge in [0, 0.05) is 29.9 Å². The number of pyridine rings is 1. The number of nitrogens with zero attached hydrogens (tertiary/aromatic N) is 1. The Morgan fingerprint density at radius 3 is 2.82 bits per heavy atom. The molecule has 118 valence electrons. The predicted octanol–water partition coefficient (Wildman–Crippen LogP) is 3.56. The fraction of sp³-hybridized carbons (Fsp3) is 0.412. The SMILES string of the molecule is CC(CNC(=O)OC(C)(C)C)Nc1ccc2ncccc2c1. The van der Waals surface area contributed by atoms with Crippen molar-refractivity contribution < 1.29 is 9.53 Å². The van der Waals surface area contributed by atoms with E-state index in [1.807, 2.05) is 58.0 Å². The second-order valence-corrected chi connectivity index (χ2v) is 6.34. The molecule has 0 saturated carbocycles. The van der Waals surface area contributed by atoms with E-state index in [1.54, 1.807) is 6.20 Å². The highest BCUT2D eigenvalue weighted by Crippen LogP contribution is 2.17. The first-order chi connectivity index (χ1) is 10.3. The van der Waals surface area contributed by atoms with Gasteiger partial charge in [-0.1, -0.05) is 6.07 Å². The van der Waals surface area contributed by atoms with Gasteiger partial charge in [-0.05, 0) is 52.0 Å². The molecule has 0 aliphatic rings. The third-order valence-electron chi connectivity index (χ3n) is 2.97. The minimum Gasteiger partial charge on any atom is -0.444 e. The Morgan fingerprint density at radius 1 is 1.32 bits per heavy atom. The molecule has 0 aliphatic heterocycles. The van der Waals surface area contributed by atoms with Crippen LogP contribution in [0.1, 0.15) is 27.7 Å². The quantitative estimate of drug-likeness (QED) is 0.906. The van der Waals surface area contributed by atoms with Gasteiger partial charge in [0.05, 0.1) is 5.52 Å². The number of hydrogen-bond acceptors (Lipinski definition) is 4. The fourth-order valence-corrected chi connectivity index (χ4v) is 2.05. The van der Waals surface area contributed by atoms with Crippen LogP contribution in [0.3, 0.4) is 0 Å². The summed E-state index contributed by atoms with van der Waals surface area (Å²) >= 11 is 0. The van der Waals surface area contributed by atoms with Gasteiger partial charge < -0.3 is 15.4 Å². The number of alkyl carbamates (subject to hydrolysis) is 1. The fourth-order valence-electron chi connectivity index (χ4n) is 2.05. The number of rotatable bonds is 4. The highest BCUT2D eigenvalue weighted by Gasteiger charge is 2.16. The molecule has 0 bridgehead atoms. The van der Waals surface area contributed by atoms with Crippen LogP contribution in [0, 0.1) is 0 Å². The van der Waals surface area contributed by atoms with Crippen LogP contribution in [-0.2, 0) is 4.74 Å². The van der Waals surface area contributed by atoms with Crippen molar-refractivity contribution in [3.05, 3.63) is 36.5 Å². The summed E-state index contributed by atoms with van der Waals surface area (Å²) in [5, 5.41) is 7.20. The third-order valence-corrected chi connectivity index (χ3v) is 2.97. The van der Waals surface area contributed by atoms with E-state index in [1.165, 1.54) is 0 Å². The van der Waals surface area contributed by atoms with Gasteiger partial charge >= 0.3 is 6.09 Å².